The molecule has 0 fully saturated rings. The van der Waals surface area contributed by atoms with Crippen molar-refractivity contribution in [3.63, 3.8) is 0 Å². The Morgan fingerprint density at radius 1 is 1.33 bits per heavy atom. The molecule has 2 N–H and O–H groups in total. The number of aromatic nitrogens is 2. The van der Waals surface area contributed by atoms with Gasteiger partial charge in [-0.25, -0.2) is 4.98 Å². The molecule has 0 unspecified atom stereocenters. The molecule has 21 heavy (non-hydrogen) atoms. The molecule has 0 aromatic carbocycles. The van der Waals surface area contributed by atoms with Crippen LogP contribution in [-0.2, 0) is 0 Å². The van der Waals surface area contributed by atoms with Gasteiger partial charge in [-0.1, -0.05) is 0 Å². The van der Waals surface area contributed by atoms with Crippen LogP contribution in [0.15, 0.2) is 42.0 Å². The second-order valence-electron chi connectivity index (χ2n) is 4.60. The molecule has 5 heteroatoms. The summed E-state index contributed by atoms with van der Waals surface area (Å²) in [4.78, 5) is 9.48. The average molecular weight is 292 g/mol. The van der Waals surface area contributed by atoms with Gasteiger partial charge in [0.1, 0.15) is 17.5 Å². The molecule has 0 spiro atoms. The third-order valence-corrected chi connectivity index (χ3v) is 4.27. The number of rotatable bonds is 2. The monoisotopic (exact) mass is 292 g/mol. The van der Waals surface area contributed by atoms with E-state index in [0.717, 1.165) is 27.3 Å². The molecule has 3 aromatic heterocycles. The van der Waals surface area contributed by atoms with Crippen molar-refractivity contribution in [2.45, 2.75) is 6.92 Å². The van der Waals surface area contributed by atoms with Crippen molar-refractivity contribution >= 4 is 17.2 Å². The smallest absolute Gasteiger partial charge is 0.142 e. The highest BCUT2D eigenvalue weighted by molar-refractivity contribution is 7.13. The van der Waals surface area contributed by atoms with Crippen LogP contribution in [0.2, 0.25) is 0 Å². The highest BCUT2D eigenvalue weighted by Crippen LogP contribution is 2.35. The molecule has 0 aliphatic carbocycles. The first-order chi connectivity index (χ1) is 10.2. The Morgan fingerprint density at radius 2 is 2.19 bits per heavy atom. The second kappa shape index (κ2) is 5.35. The van der Waals surface area contributed by atoms with Crippen LogP contribution in [0.25, 0.3) is 21.7 Å². The molecular formula is C16H12N4S. The molecule has 0 aliphatic heterocycles. The van der Waals surface area contributed by atoms with E-state index in [9.17, 15) is 5.26 Å². The largest absolute Gasteiger partial charge is 0.383 e. The van der Waals surface area contributed by atoms with Crippen LogP contribution in [0.1, 0.15) is 11.1 Å². The van der Waals surface area contributed by atoms with Crippen molar-refractivity contribution in [3.8, 4) is 27.8 Å². The van der Waals surface area contributed by atoms with Crippen LogP contribution < -0.4 is 5.73 Å². The number of nitriles is 1. The number of aryl methyl sites for hydroxylation is 1. The van der Waals surface area contributed by atoms with E-state index in [1.54, 1.807) is 23.7 Å². The van der Waals surface area contributed by atoms with Gasteiger partial charge >= 0.3 is 0 Å². The highest BCUT2D eigenvalue weighted by atomic mass is 32.1. The summed E-state index contributed by atoms with van der Waals surface area (Å²) < 4.78 is 0. The lowest BCUT2D eigenvalue weighted by atomic mass is 10.0. The minimum Gasteiger partial charge on any atom is -0.383 e. The topological polar surface area (TPSA) is 75.6 Å². The molecule has 3 aromatic rings. The van der Waals surface area contributed by atoms with Gasteiger partial charge in [0, 0.05) is 28.4 Å². The maximum absolute atomic E-state index is 9.37. The van der Waals surface area contributed by atoms with E-state index < -0.39 is 0 Å². The molecule has 0 radical (unpaired) electrons. The number of hydrogen-bond donors (Lipinski definition) is 1. The fraction of sp³-hybridized carbons (Fsp3) is 0.0625. The fourth-order valence-electron chi connectivity index (χ4n) is 2.17. The summed E-state index contributed by atoms with van der Waals surface area (Å²) in [5.74, 6) is 0.252. The lowest BCUT2D eigenvalue weighted by Gasteiger charge is -2.09. The average Bonchev–Trinajstić information content (AvgIpc) is 2.93. The van der Waals surface area contributed by atoms with Crippen LogP contribution in [0, 0.1) is 18.3 Å². The standard InChI is InChI=1S/C16H12N4S/c1-10-4-6-21-15(10)12-7-14(11-3-2-5-19-9-11)20-16(18)13(12)8-17/h2-7,9H,1H3,(H2,18,20). The number of hydrogen-bond acceptors (Lipinski definition) is 5. The second-order valence-corrected chi connectivity index (χ2v) is 5.52. The zero-order valence-corrected chi connectivity index (χ0v) is 12.2. The van der Waals surface area contributed by atoms with E-state index in [2.05, 4.69) is 16.0 Å². The molecule has 0 bridgehead atoms. The SMILES string of the molecule is Cc1ccsc1-c1cc(-c2cccnc2)nc(N)c1C#N. The van der Waals surface area contributed by atoms with E-state index in [1.807, 2.05) is 36.6 Å². The lowest BCUT2D eigenvalue weighted by molar-refractivity contribution is 1.27. The molecule has 0 aliphatic rings. The van der Waals surface area contributed by atoms with Crippen LogP contribution in [0.5, 0.6) is 0 Å². The Kier molecular flexibility index (Phi) is 3.38. The van der Waals surface area contributed by atoms with Gasteiger partial charge in [0.15, 0.2) is 0 Å². The zero-order chi connectivity index (χ0) is 14.8. The third kappa shape index (κ3) is 2.37. The number of nitrogens with two attached hydrogens (primary N) is 1. The van der Waals surface area contributed by atoms with E-state index in [4.69, 9.17) is 5.73 Å². The maximum Gasteiger partial charge on any atom is 0.142 e. The number of anilines is 1. The molecule has 0 amide bonds. The summed E-state index contributed by atoms with van der Waals surface area (Å²) in [6.07, 6.45) is 3.44. The van der Waals surface area contributed by atoms with Crippen molar-refractivity contribution < 1.29 is 0 Å². The van der Waals surface area contributed by atoms with Gasteiger partial charge in [-0.2, -0.15) is 5.26 Å². The first-order valence-corrected chi connectivity index (χ1v) is 7.24. The van der Waals surface area contributed by atoms with Crippen molar-refractivity contribution in [1.29, 1.82) is 5.26 Å². The van der Waals surface area contributed by atoms with E-state index in [1.165, 1.54) is 0 Å². The van der Waals surface area contributed by atoms with Gasteiger partial charge in [0.05, 0.1) is 5.69 Å². The predicted octanol–water partition coefficient (Wildman–Crippen LogP) is 3.63. The van der Waals surface area contributed by atoms with Crippen molar-refractivity contribution in [2.24, 2.45) is 0 Å². The molecule has 3 heterocycles. The summed E-state index contributed by atoms with van der Waals surface area (Å²) in [5, 5.41) is 11.4. The lowest BCUT2D eigenvalue weighted by Crippen LogP contribution is -1.99. The van der Waals surface area contributed by atoms with Gasteiger partial charge in [-0.15, -0.1) is 11.3 Å². The number of nitrogen functional groups attached to an aromatic ring is 1. The molecule has 0 saturated heterocycles. The summed E-state index contributed by atoms with van der Waals surface area (Å²) in [6, 6.07) is 9.87. The van der Waals surface area contributed by atoms with Gasteiger partial charge in [-0.3, -0.25) is 4.98 Å². The Bertz CT molecular complexity index is 831. The summed E-state index contributed by atoms with van der Waals surface area (Å²) in [6.45, 7) is 2.02. The maximum atomic E-state index is 9.37. The molecule has 0 atom stereocenters. The molecule has 3 rings (SSSR count). The minimum atomic E-state index is 0.252. The number of thiophene rings is 1. The molecule has 4 nitrogen and oxygen atoms in total. The highest BCUT2D eigenvalue weighted by Gasteiger charge is 2.15. The molecule has 102 valence electrons. The summed E-state index contributed by atoms with van der Waals surface area (Å²) in [7, 11) is 0. The van der Waals surface area contributed by atoms with Crippen molar-refractivity contribution in [3.05, 3.63) is 53.2 Å². The zero-order valence-electron chi connectivity index (χ0n) is 11.4. The number of pyridine rings is 2. The molecular weight excluding hydrogens is 280 g/mol. The Morgan fingerprint density at radius 3 is 2.81 bits per heavy atom. The van der Waals surface area contributed by atoms with E-state index >= 15 is 0 Å². The van der Waals surface area contributed by atoms with Crippen LogP contribution >= 0.6 is 11.3 Å². The summed E-state index contributed by atoms with van der Waals surface area (Å²) in [5.41, 5.74) is 9.96. The van der Waals surface area contributed by atoms with Gasteiger partial charge in [-0.05, 0) is 42.1 Å². The quantitative estimate of drug-likeness (QED) is 0.782. The fourth-order valence-corrected chi connectivity index (χ4v) is 3.12. The third-order valence-electron chi connectivity index (χ3n) is 3.22. The van der Waals surface area contributed by atoms with Crippen LogP contribution in [-0.4, -0.2) is 9.97 Å². The predicted molar refractivity (Wildman–Crippen MR) is 84.6 cm³/mol. The first kappa shape index (κ1) is 13.3. The van der Waals surface area contributed by atoms with Gasteiger partial charge in [0.25, 0.3) is 0 Å². The summed E-state index contributed by atoms with van der Waals surface area (Å²) >= 11 is 1.59. The van der Waals surface area contributed by atoms with E-state index in [-0.39, 0.29) is 5.82 Å². The van der Waals surface area contributed by atoms with Crippen molar-refractivity contribution in [2.75, 3.05) is 5.73 Å². The van der Waals surface area contributed by atoms with Gasteiger partial charge < -0.3 is 5.73 Å². The number of nitrogens with zero attached hydrogens (tertiary/aromatic N) is 3. The van der Waals surface area contributed by atoms with Gasteiger partial charge in [0.2, 0.25) is 0 Å². The molecule has 0 saturated carbocycles. The van der Waals surface area contributed by atoms with Crippen LogP contribution in [0.4, 0.5) is 5.82 Å². The minimum absolute atomic E-state index is 0.252. The van der Waals surface area contributed by atoms with Crippen molar-refractivity contribution in [1.82, 2.24) is 9.97 Å². The first-order valence-electron chi connectivity index (χ1n) is 6.36. The Balaban J connectivity index is 2.26. The normalized spacial score (nSPS) is 10.3. The Hall–Kier alpha value is -2.71. The Labute approximate surface area is 126 Å². The van der Waals surface area contributed by atoms with E-state index in [0.29, 0.717) is 5.56 Å². The van der Waals surface area contributed by atoms with Crippen LogP contribution in [0.3, 0.4) is 0 Å².